The largest absolute Gasteiger partial charge is 0.482 e. The number of hydrogen-bond donors (Lipinski definition) is 1. The van der Waals surface area contributed by atoms with Gasteiger partial charge in [0, 0.05) is 13.1 Å². The normalized spacial score (nSPS) is 15.2. The number of ether oxygens (including phenoxy) is 2. The maximum atomic E-state index is 12.1. The molecule has 1 N–H and O–H groups in total. The lowest BCUT2D eigenvalue weighted by atomic mass is 10.0. The van der Waals surface area contributed by atoms with Crippen molar-refractivity contribution in [1.29, 1.82) is 0 Å². The highest BCUT2D eigenvalue weighted by Crippen LogP contribution is 2.25. The minimum Gasteiger partial charge on any atom is -0.482 e. The molecule has 0 spiro atoms. The van der Waals surface area contributed by atoms with Gasteiger partial charge in [0.1, 0.15) is 5.75 Å². The molecule has 130 valence electrons. The quantitative estimate of drug-likeness (QED) is 0.800. The molecule has 7 nitrogen and oxygen atoms in total. The molecular weight excluding hydrogens is 312 g/mol. The number of imide groups is 1. The van der Waals surface area contributed by atoms with Crippen molar-refractivity contribution in [3.8, 4) is 5.75 Å². The van der Waals surface area contributed by atoms with Crippen molar-refractivity contribution in [2.24, 2.45) is 0 Å². The maximum absolute atomic E-state index is 12.1. The van der Waals surface area contributed by atoms with Crippen molar-refractivity contribution in [3.63, 3.8) is 0 Å². The monoisotopic (exact) mass is 334 g/mol. The first-order chi connectivity index (χ1) is 11.4. The van der Waals surface area contributed by atoms with Crippen molar-refractivity contribution >= 4 is 17.9 Å². The molecule has 1 aliphatic rings. The first kappa shape index (κ1) is 17.8. The minimum atomic E-state index is -1.04. The fourth-order valence-corrected chi connectivity index (χ4v) is 2.41. The Hall–Kier alpha value is -2.57. The molecule has 24 heavy (non-hydrogen) atoms. The Labute approximate surface area is 140 Å². The number of carbonyl (C=O) groups is 3. The van der Waals surface area contributed by atoms with Crippen LogP contribution in [-0.2, 0) is 14.3 Å². The molecule has 3 amide bonds. The van der Waals surface area contributed by atoms with Crippen LogP contribution < -0.4 is 10.1 Å². The number of para-hydroxylation sites is 1. The van der Waals surface area contributed by atoms with E-state index < -0.39 is 24.0 Å². The third kappa shape index (κ3) is 4.24. The molecule has 0 unspecified atom stereocenters. The van der Waals surface area contributed by atoms with Gasteiger partial charge in [-0.2, -0.15) is 0 Å². The SMILES string of the molecule is CC(C)c1ccccc1OCC(=O)O[C@H](C)C(=O)N1CCNC1=O. The molecule has 2 rings (SSSR count). The van der Waals surface area contributed by atoms with E-state index in [0.29, 0.717) is 12.3 Å². The molecule has 0 saturated carbocycles. The molecule has 7 heteroatoms. The Kier molecular flexibility index (Phi) is 5.78. The topological polar surface area (TPSA) is 84.9 Å². The van der Waals surface area contributed by atoms with Crippen LogP contribution in [0.2, 0.25) is 0 Å². The van der Waals surface area contributed by atoms with Gasteiger partial charge < -0.3 is 14.8 Å². The van der Waals surface area contributed by atoms with Gasteiger partial charge in [0.15, 0.2) is 12.7 Å². The summed E-state index contributed by atoms with van der Waals surface area (Å²) in [7, 11) is 0. The third-order valence-electron chi connectivity index (χ3n) is 3.67. The van der Waals surface area contributed by atoms with Crippen LogP contribution in [0.1, 0.15) is 32.3 Å². The highest BCUT2D eigenvalue weighted by atomic mass is 16.6. The first-order valence-electron chi connectivity index (χ1n) is 7.90. The zero-order valence-electron chi connectivity index (χ0n) is 14.1. The molecule has 1 aromatic rings. The molecule has 1 heterocycles. The van der Waals surface area contributed by atoms with Crippen LogP contribution >= 0.6 is 0 Å². The number of rotatable bonds is 6. The van der Waals surface area contributed by atoms with E-state index in [1.807, 2.05) is 32.0 Å². The van der Waals surface area contributed by atoms with Gasteiger partial charge in [-0.15, -0.1) is 0 Å². The number of carbonyl (C=O) groups excluding carboxylic acids is 3. The number of benzene rings is 1. The molecule has 1 aromatic carbocycles. The predicted molar refractivity (Wildman–Crippen MR) is 86.7 cm³/mol. The second-order valence-corrected chi connectivity index (χ2v) is 5.84. The first-order valence-corrected chi connectivity index (χ1v) is 7.90. The van der Waals surface area contributed by atoms with Crippen LogP contribution in [0, 0.1) is 0 Å². The Morgan fingerprint density at radius 1 is 1.25 bits per heavy atom. The minimum absolute atomic E-state index is 0.256. The van der Waals surface area contributed by atoms with Gasteiger partial charge in [0.2, 0.25) is 0 Å². The van der Waals surface area contributed by atoms with Crippen LogP contribution in [0.3, 0.4) is 0 Å². The zero-order chi connectivity index (χ0) is 17.7. The summed E-state index contributed by atoms with van der Waals surface area (Å²) in [6, 6.07) is 6.98. The van der Waals surface area contributed by atoms with Crippen molar-refractivity contribution in [2.45, 2.75) is 32.8 Å². The van der Waals surface area contributed by atoms with Crippen LogP contribution in [0.4, 0.5) is 4.79 Å². The summed E-state index contributed by atoms with van der Waals surface area (Å²) >= 11 is 0. The highest BCUT2D eigenvalue weighted by Gasteiger charge is 2.31. The maximum Gasteiger partial charge on any atom is 0.344 e. The summed E-state index contributed by atoms with van der Waals surface area (Å²) in [5.74, 6) is -0.330. The lowest BCUT2D eigenvalue weighted by Gasteiger charge is -2.18. The van der Waals surface area contributed by atoms with E-state index in [1.165, 1.54) is 6.92 Å². The fraction of sp³-hybridized carbons (Fsp3) is 0.471. The van der Waals surface area contributed by atoms with Gasteiger partial charge in [0.25, 0.3) is 5.91 Å². The standard InChI is InChI=1S/C17H22N2O5/c1-11(2)13-6-4-5-7-14(13)23-10-15(20)24-12(3)16(21)19-9-8-18-17(19)22/h4-7,11-12H,8-10H2,1-3H3,(H,18,22)/t12-/m1/s1. The molecule has 0 radical (unpaired) electrons. The number of nitrogens with zero attached hydrogens (tertiary/aromatic N) is 1. The van der Waals surface area contributed by atoms with Gasteiger partial charge in [-0.05, 0) is 24.5 Å². The van der Waals surface area contributed by atoms with E-state index in [2.05, 4.69) is 5.32 Å². The van der Waals surface area contributed by atoms with Crippen molar-refractivity contribution in [3.05, 3.63) is 29.8 Å². The Bertz CT molecular complexity index is 629. The van der Waals surface area contributed by atoms with E-state index >= 15 is 0 Å². The molecule has 0 bridgehead atoms. The van der Waals surface area contributed by atoms with Crippen LogP contribution in [0.25, 0.3) is 0 Å². The van der Waals surface area contributed by atoms with Crippen molar-refractivity contribution in [2.75, 3.05) is 19.7 Å². The Balaban J connectivity index is 1.87. The van der Waals surface area contributed by atoms with E-state index in [9.17, 15) is 14.4 Å². The average Bonchev–Trinajstić information content (AvgIpc) is 2.98. The molecule has 1 fully saturated rings. The summed E-state index contributed by atoms with van der Waals surface area (Å²) in [6.07, 6.45) is -1.04. The smallest absolute Gasteiger partial charge is 0.344 e. The van der Waals surface area contributed by atoms with E-state index in [0.717, 1.165) is 10.5 Å². The molecule has 0 aromatic heterocycles. The Morgan fingerprint density at radius 3 is 2.58 bits per heavy atom. The lowest BCUT2D eigenvalue weighted by Crippen LogP contribution is -2.42. The van der Waals surface area contributed by atoms with Crippen molar-refractivity contribution in [1.82, 2.24) is 10.2 Å². The molecule has 0 aliphatic carbocycles. The number of amides is 3. The predicted octanol–water partition coefficient (Wildman–Crippen LogP) is 1.67. The van der Waals surface area contributed by atoms with Crippen molar-refractivity contribution < 1.29 is 23.9 Å². The van der Waals surface area contributed by atoms with Gasteiger partial charge in [-0.1, -0.05) is 32.0 Å². The van der Waals surface area contributed by atoms with Crippen LogP contribution in [0.15, 0.2) is 24.3 Å². The summed E-state index contributed by atoms with van der Waals surface area (Å²) in [4.78, 5) is 36.4. The lowest BCUT2D eigenvalue weighted by molar-refractivity contribution is -0.159. The fourth-order valence-electron chi connectivity index (χ4n) is 2.41. The number of esters is 1. The molecular formula is C17H22N2O5. The van der Waals surface area contributed by atoms with Gasteiger partial charge in [-0.25, -0.2) is 9.59 Å². The number of hydrogen-bond acceptors (Lipinski definition) is 5. The van der Waals surface area contributed by atoms with Crippen LogP contribution in [0.5, 0.6) is 5.75 Å². The van der Waals surface area contributed by atoms with Crippen LogP contribution in [-0.4, -0.2) is 48.6 Å². The van der Waals surface area contributed by atoms with Gasteiger partial charge in [-0.3, -0.25) is 9.69 Å². The Morgan fingerprint density at radius 2 is 1.96 bits per heavy atom. The second kappa shape index (κ2) is 7.81. The summed E-state index contributed by atoms with van der Waals surface area (Å²) in [6.45, 7) is 5.88. The van der Waals surface area contributed by atoms with E-state index in [-0.39, 0.29) is 19.1 Å². The molecule has 1 aliphatic heterocycles. The number of urea groups is 1. The summed E-state index contributed by atoms with van der Waals surface area (Å²) < 4.78 is 10.6. The summed E-state index contributed by atoms with van der Waals surface area (Å²) in [5.41, 5.74) is 0.989. The van der Waals surface area contributed by atoms with E-state index in [1.54, 1.807) is 6.07 Å². The van der Waals surface area contributed by atoms with Gasteiger partial charge >= 0.3 is 12.0 Å². The van der Waals surface area contributed by atoms with E-state index in [4.69, 9.17) is 9.47 Å². The second-order valence-electron chi connectivity index (χ2n) is 5.84. The molecule has 1 saturated heterocycles. The third-order valence-corrected chi connectivity index (χ3v) is 3.67. The average molecular weight is 334 g/mol. The highest BCUT2D eigenvalue weighted by molar-refractivity contribution is 5.98. The zero-order valence-corrected chi connectivity index (χ0v) is 14.1. The summed E-state index contributed by atoms with van der Waals surface area (Å²) in [5, 5.41) is 2.52. The van der Waals surface area contributed by atoms with Gasteiger partial charge in [0.05, 0.1) is 0 Å². The number of nitrogens with one attached hydrogen (secondary N) is 1. The molecule has 1 atom stereocenters.